The Balaban J connectivity index is 1.88. The highest BCUT2D eigenvalue weighted by atomic mass is 19.1. The van der Waals surface area contributed by atoms with Crippen molar-refractivity contribution in [1.82, 2.24) is 0 Å². The Labute approximate surface area is 120 Å². The molecule has 2 aromatic carbocycles. The van der Waals surface area contributed by atoms with Crippen LogP contribution < -0.4 is 10.2 Å². The zero-order valence-corrected chi connectivity index (χ0v) is 12.3. The van der Waals surface area contributed by atoms with Gasteiger partial charge in [0.15, 0.2) is 0 Å². The third kappa shape index (κ3) is 3.73. The molecule has 0 aliphatic rings. The second-order valence-electron chi connectivity index (χ2n) is 5.15. The number of hydrogen-bond donors (Lipinski definition) is 1. The summed E-state index contributed by atoms with van der Waals surface area (Å²) in [5.74, 6) is -0.206. The fourth-order valence-electron chi connectivity index (χ4n) is 2.29. The zero-order valence-electron chi connectivity index (χ0n) is 12.3. The Hall–Kier alpha value is -2.03. The molecular formula is C17H21FN2. The van der Waals surface area contributed by atoms with Crippen LogP contribution in [0.15, 0.2) is 42.5 Å². The average Bonchev–Trinajstić information content (AvgIpc) is 2.41. The third-order valence-corrected chi connectivity index (χ3v) is 3.38. The SMILES string of the molecule is Cc1ccc(N(C)CCNc2ccc(F)cc2)c(C)c1. The first-order valence-corrected chi connectivity index (χ1v) is 6.84. The molecule has 2 aromatic rings. The van der Waals surface area contributed by atoms with E-state index in [-0.39, 0.29) is 5.82 Å². The number of anilines is 2. The predicted octanol–water partition coefficient (Wildman–Crippen LogP) is 3.99. The summed E-state index contributed by atoms with van der Waals surface area (Å²) in [5, 5.41) is 3.30. The topological polar surface area (TPSA) is 15.3 Å². The lowest BCUT2D eigenvalue weighted by molar-refractivity contribution is 0.628. The summed E-state index contributed by atoms with van der Waals surface area (Å²) in [6.45, 7) is 5.94. The van der Waals surface area contributed by atoms with Crippen LogP contribution in [0.25, 0.3) is 0 Å². The smallest absolute Gasteiger partial charge is 0.123 e. The second-order valence-corrected chi connectivity index (χ2v) is 5.15. The van der Waals surface area contributed by atoms with Crippen LogP contribution in [0, 0.1) is 19.7 Å². The van der Waals surface area contributed by atoms with Crippen molar-refractivity contribution >= 4 is 11.4 Å². The maximum atomic E-state index is 12.8. The van der Waals surface area contributed by atoms with Crippen molar-refractivity contribution < 1.29 is 4.39 Å². The van der Waals surface area contributed by atoms with E-state index in [1.807, 2.05) is 0 Å². The molecule has 0 aliphatic carbocycles. The third-order valence-electron chi connectivity index (χ3n) is 3.38. The maximum absolute atomic E-state index is 12.8. The first-order valence-electron chi connectivity index (χ1n) is 6.84. The van der Waals surface area contributed by atoms with Crippen molar-refractivity contribution in [3.63, 3.8) is 0 Å². The van der Waals surface area contributed by atoms with Crippen LogP contribution in [0.3, 0.4) is 0 Å². The Morgan fingerprint density at radius 2 is 1.75 bits per heavy atom. The van der Waals surface area contributed by atoms with Gasteiger partial charge in [-0.2, -0.15) is 0 Å². The molecular weight excluding hydrogens is 251 g/mol. The second kappa shape index (κ2) is 6.42. The highest BCUT2D eigenvalue weighted by molar-refractivity contribution is 5.54. The van der Waals surface area contributed by atoms with E-state index in [9.17, 15) is 4.39 Å². The number of aryl methyl sites for hydroxylation is 2. The minimum absolute atomic E-state index is 0.206. The number of benzene rings is 2. The Morgan fingerprint density at radius 1 is 1.05 bits per heavy atom. The summed E-state index contributed by atoms with van der Waals surface area (Å²) >= 11 is 0. The van der Waals surface area contributed by atoms with Crippen molar-refractivity contribution in [3.05, 3.63) is 59.4 Å². The van der Waals surface area contributed by atoms with E-state index >= 15 is 0 Å². The Kier molecular flexibility index (Phi) is 4.61. The minimum Gasteiger partial charge on any atom is -0.383 e. The molecule has 0 saturated heterocycles. The summed E-state index contributed by atoms with van der Waals surface area (Å²) < 4.78 is 12.8. The van der Waals surface area contributed by atoms with Gasteiger partial charge in [-0.15, -0.1) is 0 Å². The molecule has 0 aromatic heterocycles. The number of likely N-dealkylation sites (N-methyl/N-ethyl adjacent to an activating group) is 1. The summed E-state index contributed by atoms with van der Waals surface area (Å²) in [6.07, 6.45) is 0. The Morgan fingerprint density at radius 3 is 2.40 bits per heavy atom. The predicted molar refractivity (Wildman–Crippen MR) is 84.1 cm³/mol. The van der Waals surface area contributed by atoms with Gasteiger partial charge < -0.3 is 10.2 Å². The summed E-state index contributed by atoms with van der Waals surface area (Å²) in [4.78, 5) is 2.23. The van der Waals surface area contributed by atoms with E-state index in [4.69, 9.17) is 0 Å². The van der Waals surface area contributed by atoms with Gasteiger partial charge in [0.2, 0.25) is 0 Å². The van der Waals surface area contributed by atoms with Crippen LogP contribution in [0.2, 0.25) is 0 Å². The fourth-order valence-corrected chi connectivity index (χ4v) is 2.29. The van der Waals surface area contributed by atoms with E-state index in [1.165, 1.54) is 28.9 Å². The quantitative estimate of drug-likeness (QED) is 0.885. The maximum Gasteiger partial charge on any atom is 0.123 e. The van der Waals surface area contributed by atoms with E-state index in [2.05, 4.69) is 49.3 Å². The molecule has 0 fully saturated rings. The zero-order chi connectivity index (χ0) is 14.5. The molecule has 0 unspecified atom stereocenters. The first kappa shape index (κ1) is 14.4. The van der Waals surface area contributed by atoms with E-state index in [0.717, 1.165) is 18.8 Å². The molecule has 2 rings (SSSR count). The van der Waals surface area contributed by atoms with Crippen molar-refractivity contribution in [2.45, 2.75) is 13.8 Å². The van der Waals surface area contributed by atoms with Gasteiger partial charge in [-0.3, -0.25) is 0 Å². The van der Waals surface area contributed by atoms with Crippen LogP contribution in [0.5, 0.6) is 0 Å². The monoisotopic (exact) mass is 272 g/mol. The van der Waals surface area contributed by atoms with E-state index in [1.54, 1.807) is 12.1 Å². The number of nitrogens with zero attached hydrogens (tertiary/aromatic N) is 1. The van der Waals surface area contributed by atoms with Crippen molar-refractivity contribution in [2.24, 2.45) is 0 Å². The molecule has 0 atom stereocenters. The van der Waals surface area contributed by atoms with E-state index in [0.29, 0.717) is 0 Å². The molecule has 0 saturated carbocycles. The molecule has 2 nitrogen and oxygen atoms in total. The van der Waals surface area contributed by atoms with Gasteiger partial charge in [0.1, 0.15) is 5.82 Å². The van der Waals surface area contributed by atoms with Gasteiger partial charge in [0.25, 0.3) is 0 Å². The lowest BCUT2D eigenvalue weighted by Crippen LogP contribution is -2.25. The van der Waals surface area contributed by atoms with Gasteiger partial charge >= 0.3 is 0 Å². The molecule has 3 heteroatoms. The van der Waals surface area contributed by atoms with Crippen molar-refractivity contribution in [2.75, 3.05) is 30.4 Å². The number of halogens is 1. The highest BCUT2D eigenvalue weighted by Crippen LogP contribution is 2.19. The lowest BCUT2D eigenvalue weighted by atomic mass is 10.1. The summed E-state index contributed by atoms with van der Waals surface area (Å²) in [5.41, 5.74) is 4.76. The molecule has 0 amide bonds. The van der Waals surface area contributed by atoms with Crippen LogP contribution >= 0.6 is 0 Å². The van der Waals surface area contributed by atoms with E-state index < -0.39 is 0 Å². The van der Waals surface area contributed by atoms with Gasteiger partial charge in [-0.25, -0.2) is 4.39 Å². The molecule has 0 radical (unpaired) electrons. The number of hydrogen-bond acceptors (Lipinski definition) is 2. The summed E-state index contributed by atoms with van der Waals surface area (Å²) in [7, 11) is 2.09. The molecule has 0 spiro atoms. The minimum atomic E-state index is -0.206. The lowest BCUT2D eigenvalue weighted by Gasteiger charge is -2.22. The molecule has 0 heterocycles. The van der Waals surface area contributed by atoms with Gasteiger partial charge in [-0.1, -0.05) is 17.7 Å². The van der Waals surface area contributed by atoms with Crippen molar-refractivity contribution in [3.8, 4) is 0 Å². The Bertz CT molecular complexity index is 564. The normalized spacial score (nSPS) is 10.4. The first-order chi connectivity index (χ1) is 9.56. The number of nitrogens with one attached hydrogen (secondary N) is 1. The highest BCUT2D eigenvalue weighted by Gasteiger charge is 2.04. The number of rotatable bonds is 5. The standard InChI is InChI=1S/C17H21FN2/c1-13-4-9-17(14(2)12-13)20(3)11-10-19-16-7-5-15(18)6-8-16/h4-9,12,19H,10-11H2,1-3H3. The van der Waals surface area contributed by atoms with Crippen LogP contribution in [-0.2, 0) is 0 Å². The molecule has 0 bridgehead atoms. The molecule has 0 aliphatic heterocycles. The van der Waals surface area contributed by atoms with Gasteiger partial charge in [0.05, 0.1) is 0 Å². The average molecular weight is 272 g/mol. The van der Waals surface area contributed by atoms with Gasteiger partial charge in [-0.05, 0) is 49.7 Å². The molecule has 106 valence electrons. The van der Waals surface area contributed by atoms with Crippen LogP contribution in [-0.4, -0.2) is 20.1 Å². The van der Waals surface area contributed by atoms with Crippen LogP contribution in [0.4, 0.5) is 15.8 Å². The molecule has 1 N–H and O–H groups in total. The van der Waals surface area contributed by atoms with Gasteiger partial charge in [0, 0.05) is 31.5 Å². The van der Waals surface area contributed by atoms with Crippen LogP contribution in [0.1, 0.15) is 11.1 Å². The fraction of sp³-hybridized carbons (Fsp3) is 0.294. The molecule has 20 heavy (non-hydrogen) atoms. The summed E-state index contributed by atoms with van der Waals surface area (Å²) in [6, 6.07) is 12.9. The largest absolute Gasteiger partial charge is 0.383 e. The van der Waals surface area contributed by atoms with Crippen molar-refractivity contribution in [1.29, 1.82) is 0 Å².